The van der Waals surface area contributed by atoms with Crippen molar-refractivity contribution in [2.24, 2.45) is 0 Å². The number of rotatable bonds is 3. The Kier molecular flexibility index (Phi) is 4.18. The topological polar surface area (TPSA) is 59.1 Å². The number of benzene rings is 1. The second-order valence-corrected chi connectivity index (χ2v) is 8.01. The van der Waals surface area contributed by atoms with E-state index in [4.69, 9.17) is 23.2 Å². The lowest BCUT2D eigenvalue weighted by atomic mass is 10.3. The van der Waals surface area contributed by atoms with Crippen LogP contribution in [0, 0.1) is 0 Å². The average molecular weight is 388 g/mol. The number of thiazole rings is 1. The van der Waals surface area contributed by atoms with Crippen LogP contribution in [0.1, 0.15) is 0 Å². The largest absolute Gasteiger partial charge is 0.277 e. The van der Waals surface area contributed by atoms with Crippen molar-refractivity contribution in [2.75, 3.05) is 4.72 Å². The maximum absolute atomic E-state index is 12.0. The monoisotopic (exact) mass is 386 g/mol. The third-order valence-electron chi connectivity index (χ3n) is 1.89. The molecule has 96 valence electrons. The third kappa shape index (κ3) is 3.16. The molecule has 4 nitrogen and oxygen atoms in total. The van der Waals surface area contributed by atoms with E-state index in [0.29, 0.717) is 9.50 Å². The predicted octanol–water partition coefficient (Wildman–Crippen LogP) is 4.01. The summed E-state index contributed by atoms with van der Waals surface area (Å²) in [5.41, 5.74) is 0.288. The SMILES string of the molecule is O=S(=O)(Nc1cc(Br)ccc1Cl)c1cnc(Cl)s1. The molecule has 0 unspecified atom stereocenters. The minimum absolute atomic E-state index is 0.0311. The molecule has 1 N–H and O–H groups in total. The molecule has 0 atom stereocenters. The van der Waals surface area contributed by atoms with E-state index in [1.165, 1.54) is 6.20 Å². The van der Waals surface area contributed by atoms with Crippen molar-refractivity contribution >= 4 is 66.2 Å². The molecule has 0 fully saturated rings. The Morgan fingerprint density at radius 2 is 2.06 bits per heavy atom. The Morgan fingerprint density at radius 3 is 2.67 bits per heavy atom. The van der Waals surface area contributed by atoms with Crippen molar-refractivity contribution < 1.29 is 8.42 Å². The molecule has 0 radical (unpaired) electrons. The van der Waals surface area contributed by atoms with E-state index in [1.54, 1.807) is 18.2 Å². The summed E-state index contributed by atoms with van der Waals surface area (Å²) in [5, 5.41) is 0.303. The van der Waals surface area contributed by atoms with Crippen LogP contribution in [0.15, 0.2) is 33.1 Å². The number of nitrogens with zero attached hydrogens (tertiary/aromatic N) is 1. The lowest BCUT2D eigenvalue weighted by Gasteiger charge is -2.08. The first-order valence-corrected chi connectivity index (χ1v) is 8.32. The van der Waals surface area contributed by atoms with Gasteiger partial charge in [0.1, 0.15) is 0 Å². The smallest absolute Gasteiger partial charge is 0.273 e. The van der Waals surface area contributed by atoms with Gasteiger partial charge in [-0.05, 0) is 18.2 Å². The van der Waals surface area contributed by atoms with Crippen molar-refractivity contribution in [2.45, 2.75) is 4.21 Å². The van der Waals surface area contributed by atoms with Crippen LogP contribution in [0.25, 0.3) is 0 Å². The van der Waals surface area contributed by atoms with Crippen LogP contribution >= 0.6 is 50.5 Å². The average Bonchev–Trinajstić information content (AvgIpc) is 2.71. The number of halogens is 3. The second kappa shape index (κ2) is 5.34. The molecule has 0 aliphatic rings. The Balaban J connectivity index is 2.36. The molecule has 0 spiro atoms. The number of anilines is 1. The zero-order valence-electron chi connectivity index (χ0n) is 8.52. The summed E-state index contributed by atoms with van der Waals surface area (Å²) in [5.74, 6) is 0. The molecule has 9 heteroatoms. The number of hydrogen-bond donors (Lipinski definition) is 1. The molecular weight excluding hydrogens is 383 g/mol. The molecule has 2 rings (SSSR count). The van der Waals surface area contributed by atoms with Gasteiger partial charge in [-0.15, -0.1) is 0 Å². The van der Waals surface area contributed by atoms with Gasteiger partial charge in [0.05, 0.1) is 16.9 Å². The van der Waals surface area contributed by atoms with E-state index in [1.807, 2.05) is 0 Å². The maximum atomic E-state index is 12.0. The van der Waals surface area contributed by atoms with Crippen molar-refractivity contribution in [3.63, 3.8) is 0 Å². The molecule has 0 amide bonds. The quantitative estimate of drug-likeness (QED) is 0.865. The fraction of sp³-hybridized carbons (Fsp3) is 0. The van der Waals surface area contributed by atoms with Crippen molar-refractivity contribution in [1.82, 2.24) is 4.98 Å². The van der Waals surface area contributed by atoms with Gasteiger partial charge in [0.25, 0.3) is 10.0 Å². The van der Waals surface area contributed by atoms with Crippen LogP contribution < -0.4 is 4.72 Å². The highest BCUT2D eigenvalue weighted by atomic mass is 79.9. The fourth-order valence-corrected chi connectivity index (χ4v) is 4.08. The van der Waals surface area contributed by atoms with Gasteiger partial charge in [-0.25, -0.2) is 13.4 Å². The first-order chi connectivity index (χ1) is 8.38. The summed E-state index contributed by atoms with van der Waals surface area (Å²) in [6.07, 6.45) is 1.20. The van der Waals surface area contributed by atoms with Gasteiger partial charge >= 0.3 is 0 Å². The van der Waals surface area contributed by atoms with E-state index in [9.17, 15) is 8.42 Å². The van der Waals surface area contributed by atoms with Gasteiger partial charge in [-0.1, -0.05) is 50.5 Å². The lowest BCUT2D eigenvalue weighted by molar-refractivity contribution is 0.603. The molecule has 18 heavy (non-hydrogen) atoms. The fourth-order valence-electron chi connectivity index (χ4n) is 1.13. The molecular formula is C9H5BrCl2N2O2S2. The van der Waals surface area contributed by atoms with Crippen molar-refractivity contribution in [3.05, 3.63) is 38.4 Å². The summed E-state index contributed by atoms with van der Waals surface area (Å²) in [6.45, 7) is 0. The lowest BCUT2D eigenvalue weighted by Crippen LogP contribution is -2.11. The zero-order chi connectivity index (χ0) is 13.3. The van der Waals surface area contributed by atoms with E-state index in [0.717, 1.165) is 11.3 Å². The van der Waals surface area contributed by atoms with E-state index >= 15 is 0 Å². The van der Waals surface area contributed by atoms with Gasteiger partial charge in [-0.3, -0.25) is 4.72 Å². The summed E-state index contributed by atoms with van der Waals surface area (Å²) < 4.78 is 27.3. The van der Waals surface area contributed by atoms with Crippen LogP contribution in [0.5, 0.6) is 0 Å². The Bertz CT molecular complexity index is 688. The zero-order valence-corrected chi connectivity index (χ0v) is 13.3. The molecule has 0 saturated carbocycles. The van der Waals surface area contributed by atoms with Crippen LogP contribution in [-0.4, -0.2) is 13.4 Å². The molecule has 1 aromatic carbocycles. The summed E-state index contributed by atoms with van der Waals surface area (Å²) in [4.78, 5) is 3.69. The Hall–Kier alpha value is -0.340. The van der Waals surface area contributed by atoms with E-state index < -0.39 is 10.0 Å². The van der Waals surface area contributed by atoms with Gasteiger partial charge in [0, 0.05) is 4.47 Å². The van der Waals surface area contributed by atoms with Gasteiger partial charge in [-0.2, -0.15) is 0 Å². The standard InChI is InChI=1S/C9H5BrCl2N2O2S2/c10-5-1-2-6(11)7(3-5)14-18(15,16)8-4-13-9(12)17-8/h1-4,14H. The van der Waals surface area contributed by atoms with Gasteiger partial charge < -0.3 is 0 Å². The molecule has 0 aliphatic heterocycles. The first kappa shape index (κ1) is 14.1. The summed E-state index contributed by atoms with van der Waals surface area (Å²) in [6, 6.07) is 4.87. The summed E-state index contributed by atoms with van der Waals surface area (Å²) in [7, 11) is -3.72. The first-order valence-electron chi connectivity index (χ1n) is 4.48. The second-order valence-electron chi connectivity index (χ2n) is 3.16. The molecule has 1 aromatic heterocycles. The van der Waals surface area contributed by atoms with Crippen LogP contribution in [0.3, 0.4) is 0 Å². The minimum Gasteiger partial charge on any atom is -0.277 e. The molecule has 0 bridgehead atoms. The van der Waals surface area contributed by atoms with E-state index in [2.05, 4.69) is 25.6 Å². The number of sulfonamides is 1. The Labute approximate surface area is 126 Å². The third-order valence-corrected chi connectivity index (χ3v) is 5.66. The number of hydrogen-bond acceptors (Lipinski definition) is 4. The van der Waals surface area contributed by atoms with E-state index in [-0.39, 0.29) is 14.4 Å². The maximum Gasteiger partial charge on any atom is 0.273 e. The molecule has 2 aromatic rings. The van der Waals surface area contributed by atoms with Gasteiger partial charge in [0.15, 0.2) is 8.68 Å². The van der Waals surface area contributed by atoms with Crippen LogP contribution in [-0.2, 0) is 10.0 Å². The highest BCUT2D eigenvalue weighted by Gasteiger charge is 2.19. The Morgan fingerprint density at radius 1 is 1.33 bits per heavy atom. The van der Waals surface area contributed by atoms with Crippen molar-refractivity contribution in [1.29, 1.82) is 0 Å². The van der Waals surface area contributed by atoms with Crippen LogP contribution in [0.2, 0.25) is 9.49 Å². The highest BCUT2D eigenvalue weighted by Crippen LogP contribution is 2.30. The van der Waals surface area contributed by atoms with Crippen LogP contribution in [0.4, 0.5) is 5.69 Å². The molecule has 0 saturated heterocycles. The predicted molar refractivity (Wildman–Crippen MR) is 77.1 cm³/mol. The summed E-state index contributed by atoms with van der Waals surface area (Å²) >= 11 is 15.6. The number of nitrogens with one attached hydrogen (secondary N) is 1. The molecule has 1 heterocycles. The number of aromatic nitrogens is 1. The van der Waals surface area contributed by atoms with Gasteiger partial charge in [0.2, 0.25) is 0 Å². The minimum atomic E-state index is -3.72. The molecule has 0 aliphatic carbocycles. The van der Waals surface area contributed by atoms with Crippen molar-refractivity contribution in [3.8, 4) is 0 Å². The normalized spacial score (nSPS) is 11.5. The highest BCUT2D eigenvalue weighted by molar-refractivity contribution is 9.10.